The highest BCUT2D eigenvalue weighted by atomic mass is 35.5. The first-order valence-corrected chi connectivity index (χ1v) is 10.8. The van der Waals surface area contributed by atoms with Crippen LogP contribution in [0.4, 0.5) is 0 Å². The molecule has 0 aromatic rings. The molecule has 0 saturated carbocycles. The van der Waals surface area contributed by atoms with Crippen molar-refractivity contribution in [2.45, 2.75) is 76.8 Å². The van der Waals surface area contributed by atoms with Crippen molar-refractivity contribution in [1.29, 1.82) is 0 Å². The Morgan fingerprint density at radius 3 is 1.74 bits per heavy atom. The second-order valence-corrected chi connectivity index (χ2v) is 9.45. The van der Waals surface area contributed by atoms with Gasteiger partial charge in [-0.3, -0.25) is 0 Å². The SMILES string of the molecule is CCCCCCCCC(CCC[Si](OC)(OC)OC)N(C)C.Cl. The fraction of sp³-hybridized carbons (Fsp3) is 1.00. The molecule has 0 N–H and O–H groups in total. The number of hydrogen-bond acceptors (Lipinski definition) is 4. The predicted octanol–water partition coefficient (Wildman–Crippen LogP) is 4.75. The van der Waals surface area contributed by atoms with Gasteiger partial charge in [0.05, 0.1) is 0 Å². The van der Waals surface area contributed by atoms with Crippen LogP contribution in [0.1, 0.15) is 64.7 Å². The monoisotopic (exact) mass is 369 g/mol. The summed E-state index contributed by atoms with van der Waals surface area (Å²) < 4.78 is 16.5. The number of unbranched alkanes of at least 4 members (excludes halogenated alkanes) is 5. The van der Waals surface area contributed by atoms with E-state index in [0.717, 1.165) is 12.5 Å². The number of nitrogens with zero attached hydrogens (tertiary/aromatic N) is 1. The van der Waals surface area contributed by atoms with E-state index in [-0.39, 0.29) is 12.4 Å². The van der Waals surface area contributed by atoms with Crippen LogP contribution in [0.5, 0.6) is 0 Å². The first-order valence-electron chi connectivity index (χ1n) is 8.87. The van der Waals surface area contributed by atoms with E-state index in [0.29, 0.717) is 6.04 Å². The summed E-state index contributed by atoms with van der Waals surface area (Å²) >= 11 is 0. The molecule has 0 fully saturated rings. The number of hydrogen-bond donors (Lipinski definition) is 0. The molecular weight excluding hydrogens is 330 g/mol. The third-order valence-corrected chi connectivity index (χ3v) is 7.41. The molecule has 0 heterocycles. The van der Waals surface area contributed by atoms with Gasteiger partial charge in [0.15, 0.2) is 0 Å². The van der Waals surface area contributed by atoms with Crippen molar-refractivity contribution >= 4 is 21.2 Å². The Morgan fingerprint density at radius 2 is 1.26 bits per heavy atom. The molecule has 0 radical (unpaired) electrons. The van der Waals surface area contributed by atoms with Crippen LogP contribution >= 0.6 is 12.4 Å². The van der Waals surface area contributed by atoms with Gasteiger partial charge in [0.2, 0.25) is 0 Å². The van der Waals surface area contributed by atoms with Gasteiger partial charge >= 0.3 is 8.80 Å². The first kappa shape index (κ1) is 25.6. The third-order valence-electron chi connectivity index (χ3n) is 4.57. The zero-order valence-electron chi connectivity index (χ0n) is 16.2. The van der Waals surface area contributed by atoms with E-state index < -0.39 is 8.80 Å². The van der Waals surface area contributed by atoms with Gasteiger partial charge in [0, 0.05) is 33.4 Å². The minimum absolute atomic E-state index is 0. The fourth-order valence-corrected chi connectivity index (χ4v) is 4.68. The number of rotatable bonds is 15. The number of halogens is 1. The highest BCUT2D eigenvalue weighted by Gasteiger charge is 2.37. The van der Waals surface area contributed by atoms with Crippen LogP contribution in [0.25, 0.3) is 0 Å². The maximum Gasteiger partial charge on any atom is 0.500 e. The largest absolute Gasteiger partial charge is 0.500 e. The molecule has 0 aromatic carbocycles. The lowest BCUT2D eigenvalue weighted by atomic mass is 10.0. The molecule has 0 bridgehead atoms. The molecule has 0 aliphatic rings. The maximum atomic E-state index is 5.50. The molecule has 6 heteroatoms. The van der Waals surface area contributed by atoms with Gasteiger partial charge in [-0.05, 0) is 33.4 Å². The summed E-state index contributed by atoms with van der Waals surface area (Å²) in [5, 5.41) is 0. The van der Waals surface area contributed by atoms with E-state index in [1.807, 2.05) is 0 Å². The lowest BCUT2D eigenvalue weighted by Crippen LogP contribution is -2.43. The Kier molecular flexibility index (Phi) is 17.6. The highest BCUT2D eigenvalue weighted by molar-refractivity contribution is 6.60. The van der Waals surface area contributed by atoms with Crippen molar-refractivity contribution in [1.82, 2.24) is 4.90 Å². The lowest BCUT2D eigenvalue weighted by molar-refractivity contribution is 0.121. The second kappa shape index (κ2) is 15.9. The molecule has 0 aliphatic heterocycles. The smallest absolute Gasteiger partial charge is 0.377 e. The van der Waals surface area contributed by atoms with Gasteiger partial charge in [-0.25, -0.2) is 0 Å². The van der Waals surface area contributed by atoms with Gasteiger partial charge in [-0.2, -0.15) is 0 Å². The van der Waals surface area contributed by atoms with Crippen LogP contribution in [0.15, 0.2) is 0 Å². The lowest BCUT2D eigenvalue weighted by Gasteiger charge is -2.27. The normalized spacial score (nSPS) is 13.2. The summed E-state index contributed by atoms with van der Waals surface area (Å²) in [6, 6.07) is 1.56. The summed E-state index contributed by atoms with van der Waals surface area (Å²) in [6.07, 6.45) is 11.8. The van der Waals surface area contributed by atoms with Crippen molar-refractivity contribution in [2.24, 2.45) is 0 Å². The van der Waals surface area contributed by atoms with Crippen molar-refractivity contribution < 1.29 is 13.3 Å². The molecule has 0 amide bonds. The Balaban J connectivity index is 0. The van der Waals surface area contributed by atoms with Crippen LogP contribution in [-0.4, -0.2) is 55.2 Å². The van der Waals surface area contributed by atoms with E-state index in [2.05, 4.69) is 25.9 Å². The van der Waals surface area contributed by atoms with E-state index in [1.54, 1.807) is 21.3 Å². The van der Waals surface area contributed by atoms with Crippen LogP contribution in [0.2, 0.25) is 6.04 Å². The molecule has 1 unspecified atom stereocenters. The summed E-state index contributed by atoms with van der Waals surface area (Å²) in [4.78, 5) is 2.36. The van der Waals surface area contributed by atoms with Crippen LogP contribution in [0, 0.1) is 0 Å². The molecule has 0 aliphatic carbocycles. The fourth-order valence-electron chi connectivity index (χ4n) is 2.93. The Bertz CT molecular complexity index is 246. The molecule has 0 rings (SSSR count). The minimum atomic E-state index is -2.39. The molecule has 0 spiro atoms. The highest BCUT2D eigenvalue weighted by Crippen LogP contribution is 2.20. The van der Waals surface area contributed by atoms with E-state index >= 15 is 0 Å². The van der Waals surface area contributed by atoms with Crippen LogP contribution < -0.4 is 0 Å². The van der Waals surface area contributed by atoms with Crippen LogP contribution in [0.3, 0.4) is 0 Å². The summed E-state index contributed by atoms with van der Waals surface area (Å²) in [5.74, 6) is 0. The molecule has 142 valence electrons. The Hall–Kier alpha value is 0.347. The molecule has 0 aromatic heterocycles. The van der Waals surface area contributed by atoms with Gasteiger partial charge in [0.1, 0.15) is 0 Å². The minimum Gasteiger partial charge on any atom is -0.377 e. The summed E-state index contributed by atoms with van der Waals surface area (Å²) in [5.41, 5.74) is 0. The van der Waals surface area contributed by atoms with Gasteiger partial charge in [-0.15, -0.1) is 12.4 Å². The molecule has 4 nitrogen and oxygen atoms in total. The topological polar surface area (TPSA) is 30.9 Å². The van der Waals surface area contributed by atoms with E-state index in [1.165, 1.54) is 51.4 Å². The molecule has 1 atom stereocenters. The summed E-state index contributed by atoms with van der Waals surface area (Å²) in [6.45, 7) is 2.27. The van der Waals surface area contributed by atoms with Gasteiger partial charge < -0.3 is 18.2 Å². The maximum absolute atomic E-state index is 5.50. The van der Waals surface area contributed by atoms with Gasteiger partial charge in [0.25, 0.3) is 0 Å². The van der Waals surface area contributed by atoms with Crippen molar-refractivity contribution in [2.75, 3.05) is 35.4 Å². The Morgan fingerprint density at radius 1 is 0.783 bits per heavy atom. The average molecular weight is 370 g/mol. The third kappa shape index (κ3) is 11.5. The van der Waals surface area contributed by atoms with E-state index in [4.69, 9.17) is 13.3 Å². The predicted molar refractivity (Wildman–Crippen MR) is 104 cm³/mol. The molecule has 0 saturated heterocycles. The van der Waals surface area contributed by atoms with Crippen LogP contribution in [-0.2, 0) is 13.3 Å². The van der Waals surface area contributed by atoms with Gasteiger partial charge in [-0.1, -0.05) is 45.4 Å². The molecule has 23 heavy (non-hydrogen) atoms. The van der Waals surface area contributed by atoms with E-state index in [9.17, 15) is 0 Å². The molecular formula is C17H40ClNO3Si. The van der Waals surface area contributed by atoms with Crippen molar-refractivity contribution in [3.05, 3.63) is 0 Å². The zero-order valence-corrected chi connectivity index (χ0v) is 18.0. The summed E-state index contributed by atoms with van der Waals surface area (Å²) in [7, 11) is 7.07. The first-order chi connectivity index (χ1) is 10.5. The van der Waals surface area contributed by atoms with Crippen molar-refractivity contribution in [3.63, 3.8) is 0 Å². The van der Waals surface area contributed by atoms with Crippen molar-refractivity contribution in [3.8, 4) is 0 Å². The second-order valence-electron chi connectivity index (χ2n) is 6.36. The average Bonchev–Trinajstić information content (AvgIpc) is 2.53. The Labute approximate surface area is 152 Å². The zero-order chi connectivity index (χ0) is 16.8. The quantitative estimate of drug-likeness (QED) is 0.308. The standard InChI is InChI=1S/C17H39NO3Si.ClH/c1-7-8-9-10-11-12-14-17(18(2)3)15-13-16-22(19-4,20-5)21-6;/h17H,7-16H2,1-6H3;1H.